The van der Waals surface area contributed by atoms with Gasteiger partial charge in [-0.2, -0.15) is 5.10 Å². The number of rotatable bonds is 6. The zero-order valence-electron chi connectivity index (χ0n) is 20.6. The molecule has 1 fully saturated rings. The molecule has 2 N–H and O–H groups in total. The second-order valence-electron chi connectivity index (χ2n) is 10.5. The van der Waals surface area contributed by atoms with Crippen LogP contribution in [0, 0.1) is 17.0 Å². The molecule has 3 atom stereocenters. The number of aliphatic hydroxyl groups is 2. The summed E-state index contributed by atoms with van der Waals surface area (Å²) in [5, 5.41) is 28.1. The summed E-state index contributed by atoms with van der Waals surface area (Å²) in [5.41, 5.74) is 3.31. The van der Waals surface area contributed by atoms with Crippen molar-refractivity contribution in [3.63, 3.8) is 0 Å². The molecule has 6 rings (SSSR count). The van der Waals surface area contributed by atoms with E-state index in [0.29, 0.717) is 5.69 Å². The predicted molar refractivity (Wildman–Crippen MR) is 132 cm³/mol. The molecule has 1 aromatic carbocycles. The Labute approximate surface area is 212 Å². The van der Waals surface area contributed by atoms with Crippen LogP contribution in [0.25, 0.3) is 22.6 Å². The molecule has 9 heteroatoms. The number of aromatic nitrogens is 5. The van der Waals surface area contributed by atoms with Crippen LogP contribution >= 0.6 is 0 Å². The van der Waals surface area contributed by atoms with Gasteiger partial charge < -0.3 is 14.8 Å². The first-order valence-electron chi connectivity index (χ1n) is 12.4. The number of fused-ring (bicyclic) bond motifs is 5. The number of benzene rings is 1. The molecule has 1 unspecified atom stereocenters. The van der Waals surface area contributed by atoms with Crippen molar-refractivity contribution in [1.29, 1.82) is 0 Å². The van der Waals surface area contributed by atoms with Crippen molar-refractivity contribution < 1.29 is 19.0 Å². The average molecular weight is 504 g/mol. The summed E-state index contributed by atoms with van der Waals surface area (Å²) >= 11 is 0. The molecule has 2 bridgehead atoms. The molecule has 0 aliphatic heterocycles. The van der Waals surface area contributed by atoms with Crippen LogP contribution in [0.4, 0.5) is 8.78 Å². The highest BCUT2D eigenvalue weighted by Gasteiger charge is 2.65. The van der Waals surface area contributed by atoms with E-state index in [1.807, 2.05) is 18.2 Å². The third-order valence-electron chi connectivity index (χ3n) is 8.38. The fourth-order valence-corrected chi connectivity index (χ4v) is 6.54. The van der Waals surface area contributed by atoms with Crippen LogP contribution in [0.15, 0.2) is 55.0 Å². The third-order valence-corrected chi connectivity index (χ3v) is 8.38. The van der Waals surface area contributed by atoms with Crippen LogP contribution in [0.5, 0.6) is 0 Å². The molecular formula is C28H27F2N5O2. The lowest BCUT2D eigenvalue weighted by molar-refractivity contribution is 0.0815. The van der Waals surface area contributed by atoms with Crippen LogP contribution in [-0.2, 0) is 12.0 Å². The Morgan fingerprint density at radius 2 is 1.84 bits per heavy atom. The highest BCUT2D eigenvalue weighted by molar-refractivity contribution is 5.64. The van der Waals surface area contributed by atoms with Gasteiger partial charge >= 0.3 is 0 Å². The van der Waals surface area contributed by atoms with Crippen LogP contribution in [-0.4, -0.2) is 47.7 Å². The maximum absolute atomic E-state index is 14.5. The molecule has 2 aliphatic rings. The molecule has 190 valence electrons. The molecule has 7 nitrogen and oxygen atoms in total. The van der Waals surface area contributed by atoms with E-state index in [1.165, 1.54) is 18.2 Å². The van der Waals surface area contributed by atoms with Gasteiger partial charge in [0.15, 0.2) is 0 Å². The van der Waals surface area contributed by atoms with Gasteiger partial charge in [0.2, 0.25) is 0 Å². The highest BCUT2D eigenvalue weighted by atomic mass is 19.1. The van der Waals surface area contributed by atoms with E-state index in [9.17, 15) is 19.0 Å². The first-order valence-corrected chi connectivity index (χ1v) is 12.4. The maximum atomic E-state index is 14.5. The van der Waals surface area contributed by atoms with E-state index < -0.39 is 23.2 Å². The third kappa shape index (κ3) is 3.37. The Balaban J connectivity index is 1.47. The molecule has 0 radical (unpaired) electrons. The van der Waals surface area contributed by atoms with E-state index in [-0.39, 0.29) is 35.7 Å². The molecule has 3 aromatic heterocycles. The first-order chi connectivity index (χ1) is 17.8. The van der Waals surface area contributed by atoms with Crippen molar-refractivity contribution in [2.45, 2.75) is 50.7 Å². The molecule has 4 aromatic rings. The van der Waals surface area contributed by atoms with Gasteiger partial charge in [0.05, 0.1) is 71.2 Å². The topological polar surface area (TPSA) is 97.0 Å². The van der Waals surface area contributed by atoms with E-state index >= 15 is 0 Å². The predicted octanol–water partition coefficient (Wildman–Crippen LogP) is 4.24. The van der Waals surface area contributed by atoms with Gasteiger partial charge in [-0.3, -0.25) is 4.98 Å². The average Bonchev–Trinajstić information content (AvgIpc) is 3.51. The lowest BCUT2D eigenvalue weighted by atomic mass is 9.66. The van der Waals surface area contributed by atoms with Crippen LogP contribution in [0.1, 0.15) is 49.6 Å². The number of nitrogens with zero attached hydrogens (tertiary/aromatic N) is 5. The summed E-state index contributed by atoms with van der Waals surface area (Å²) in [6.45, 7) is 4.25. The van der Waals surface area contributed by atoms with Crippen molar-refractivity contribution in [2.24, 2.45) is 5.41 Å². The van der Waals surface area contributed by atoms with Gasteiger partial charge in [-0.05, 0) is 60.1 Å². The molecule has 1 saturated carbocycles. The Kier molecular flexibility index (Phi) is 5.47. The largest absolute Gasteiger partial charge is 0.394 e. The van der Waals surface area contributed by atoms with Gasteiger partial charge in [0, 0.05) is 0 Å². The second-order valence-corrected chi connectivity index (χ2v) is 10.5. The van der Waals surface area contributed by atoms with Gasteiger partial charge in [0.1, 0.15) is 11.6 Å². The summed E-state index contributed by atoms with van der Waals surface area (Å²) in [7, 11) is 0. The van der Waals surface area contributed by atoms with Crippen molar-refractivity contribution >= 4 is 0 Å². The summed E-state index contributed by atoms with van der Waals surface area (Å²) in [6.07, 6.45) is 4.12. The number of aliphatic hydroxyl groups excluding tert-OH is 2. The van der Waals surface area contributed by atoms with Crippen molar-refractivity contribution in [1.82, 2.24) is 24.7 Å². The molecule has 37 heavy (non-hydrogen) atoms. The lowest BCUT2D eigenvalue weighted by Crippen LogP contribution is -2.37. The molecule has 2 aliphatic carbocycles. The minimum absolute atomic E-state index is 0.141. The van der Waals surface area contributed by atoms with Crippen LogP contribution in [0.3, 0.4) is 0 Å². The van der Waals surface area contributed by atoms with E-state index in [1.54, 1.807) is 23.2 Å². The zero-order chi connectivity index (χ0) is 25.9. The Morgan fingerprint density at radius 1 is 1.08 bits per heavy atom. The summed E-state index contributed by atoms with van der Waals surface area (Å²) < 4.78 is 30.8. The number of halogens is 2. The molecule has 0 spiro atoms. The first kappa shape index (κ1) is 23.8. The van der Waals surface area contributed by atoms with Crippen molar-refractivity contribution in [3.8, 4) is 22.6 Å². The number of hydrogen-bond donors (Lipinski definition) is 2. The van der Waals surface area contributed by atoms with Crippen molar-refractivity contribution in [2.75, 3.05) is 6.61 Å². The molecule has 0 saturated heterocycles. The number of imidazole rings is 1. The molecular weight excluding hydrogens is 476 g/mol. The van der Waals surface area contributed by atoms with E-state index in [0.717, 1.165) is 35.5 Å². The quantitative estimate of drug-likeness (QED) is 0.409. The van der Waals surface area contributed by atoms with Gasteiger partial charge in [-0.15, -0.1) is 5.10 Å². The number of hydrogen-bond acceptors (Lipinski definition) is 6. The second kappa shape index (κ2) is 8.49. The summed E-state index contributed by atoms with van der Waals surface area (Å²) in [5.74, 6) is -1.19. The standard InChI is InChI=1S/C28H27F2N5O2/c1-27(2)18-9-10-28(27,26-17(18)11-22(33-34-26)25-19(29)5-3-6-20(25)30)24-8-4-7-21(32-24)23-12-31-15-35(23)13-16(37)14-36/h3-8,11-12,15-16,18,36-37H,9-10,13-14H2,1-2H3/t16?,18-,28-/m0/s1. The SMILES string of the molecule is CC1(C)[C@H]2CC[C@]1(c1cccc(-c3cncn3CC(O)CO)n1)c1nnc(-c3c(F)cccc3F)cc12. The smallest absolute Gasteiger partial charge is 0.135 e. The van der Waals surface area contributed by atoms with Gasteiger partial charge in [-0.25, -0.2) is 13.8 Å². The zero-order valence-corrected chi connectivity index (χ0v) is 20.6. The van der Waals surface area contributed by atoms with Crippen LogP contribution in [0.2, 0.25) is 0 Å². The minimum Gasteiger partial charge on any atom is -0.394 e. The maximum Gasteiger partial charge on any atom is 0.135 e. The van der Waals surface area contributed by atoms with Gasteiger partial charge in [-0.1, -0.05) is 26.0 Å². The fourth-order valence-electron chi connectivity index (χ4n) is 6.54. The Hall–Kier alpha value is -3.56. The minimum atomic E-state index is -0.908. The monoisotopic (exact) mass is 503 g/mol. The Bertz CT molecular complexity index is 1480. The van der Waals surface area contributed by atoms with E-state index in [4.69, 9.17) is 4.98 Å². The van der Waals surface area contributed by atoms with Gasteiger partial charge in [0.25, 0.3) is 0 Å². The van der Waals surface area contributed by atoms with E-state index in [2.05, 4.69) is 29.0 Å². The fraction of sp³-hybridized carbons (Fsp3) is 0.357. The lowest BCUT2D eigenvalue weighted by Gasteiger charge is -2.37. The highest BCUT2D eigenvalue weighted by Crippen LogP contribution is 2.69. The molecule has 0 amide bonds. The van der Waals surface area contributed by atoms with Crippen LogP contribution < -0.4 is 0 Å². The molecule has 3 heterocycles. The normalized spacial score (nSPS) is 22.3. The van der Waals surface area contributed by atoms with Crippen molar-refractivity contribution in [3.05, 3.63) is 83.6 Å². The summed E-state index contributed by atoms with van der Waals surface area (Å²) in [4.78, 5) is 9.29. The number of pyridine rings is 1. The Morgan fingerprint density at radius 3 is 2.59 bits per heavy atom. The summed E-state index contributed by atoms with van der Waals surface area (Å²) in [6, 6.07) is 11.4.